The van der Waals surface area contributed by atoms with Gasteiger partial charge in [-0.25, -0.2) is 4.57 Å². The van der Waals surface area contributed by atoms with E-state index in [2.05, 4.69) is 29.1 Å². The van der Waals surface area contributed by atoms with E-state index in [9.17, 15) is 10.1 Å². The van der Waals surface area contributed by atoms with Gasteiger partial charge in [-0.1, -0.05) is 28.2 Å². The van der Waals surface area contributed by atoms with E-state index in [-0.39, 0.29) is 54.8 Å². The fourth-order valence-corrected chi connectivity index (χ4v) is 3.58. The molecule has 8 nitrogen and oxygen atoms in total. The molecule has 1 aromatic heterocycles. The Bertz CT molecular complexity index is 897. The smallest absolute Gasteiger partial charge is 1.00 e. The van der Waals surface area contributed by atoms with Crippen molar-refractivity contribution in [3.63, 3.8) is 0 Å². The Labute approximate surface area is 255 Å². The number of rotatable bonds is 15. The van der Waals surface area contributed by atoms with Gasteiger partial charge in [-0.05, 0) is 43.5 Å². The Morgan fingerprint density at radius 3 is 2.16 bits per heavy atom. The minimum atomic E-state index is -0.233. The van der Waals surface area contributed by atoms with Gasteiger partial charge in [0.05, 0.1) is 11.4 Å². The summed E-state index contributed by atoms with van der Waals surface area (Å²) in [5, 5.41) is 21.7. The number of benzene rings is 1. The number of anilines is 1. The molecule has 0 atom stereocenters. The molecule has 0 aliphatic heterocycles. The zero-order chi connectivity index (χ0) is 24.8. The van der Waals surface area contributed by atoms with E-state index in [1.165, 1.54) is 0 Å². The van der Waals surface area contributed by atoms with Crippen molar-refractivity contribution in [2.75, 3.05) is 24.2 Å². The molecule has 0 amide bonds. The number of azo groups is 1. The van der Waals surface area contributed by atoms with Crippen molar-refractivity contribution in [1.82, 2.24) is 0 Å². The molecule has 37 heavy (non-hydrogen) atoms. The first kappa shape index (κ1) is 38.1. The first-order valence-electron chi connectivity index (χ1n) is 11.6. The molecule has 0 fully saturated rings. The summed E-state index contributed by atoms with van der Waals surface area (Å²) < 4.78 is 6.39. The van der Waals surface area contributed by atoms with Crippen LogP contribution in [-0.2, 0) is 20.7 Å². The van der Waals surface area contributed by atoms with E-state index in [1.54, 1.807) is 0 Å². The van der Waals surface area contributed by atoms with E-state index in [0.29, 0.717) is 18.0 Å². The van der Waals surface area contributed by atoms with Crippen LogP contribution in [0.1, 0.15) is 60.3 Å². The largest absolute Gasteiger partial charge is 1.00 e. The molecule has 0 unspecified atom stereocenters. The van der Waals surface area contributed by atoms with Crippen LogP contribution in [0.2, 0.25) is 0 Å². The van der Waals surface area contributed by atoms with Crippen LogP contribution in [0.25, 0.3) is 0 Å². The fraction of sp³-hybridized carbons (Fsp3) is 0.538. The van der Waals surface area contributed by atoms with Gasteiger partial charge in [0.25, 0.3) is 0 Å². The molecule has 0 bridgehead atoms. The summed E-state index contributed by atoms with van der Waals surface area (Å²) in [5.74, 6) is 1.01. The Kier molecular flexibility index (Phi) is 21.5. The molecule has 202 valence electrons. The minimum absolute atomic E-state index is 0. The van der Waals surface area contributed by atoms with Gasteiger partial charge in [0, 0.05) is 67.5 Å². The summed E-state index contributed by atoms with van der Waals surface area (Å²) in [6.45, 7) is 7.69. The molecule has 11 heteroatoms. The summed E-state index contributed by atoms with van der Waals surface area (Å²) in [4.78, 5) is 14.1. The van der Waals surface area contributed by atoms with Gasteiger partial charge in [-0.3, -0.25) is 9.83 Å². The van der Waals surface area contributed by atoms with Crippen molar-refractivity contribution in [1.29, 1.82) is 0 Å². The van der Waals surface area contributed by atoms with Gasteiger partial charge in [0.1, 0.15) is 12.3 Å². The van der Waals surface area contributed by atoms with Crippen molar-refractivity contribution in [3.05, 3.63) is 48.8 Å². The quantitative estimate of drug-likeness (QED) is 0.0573. The van der Waals surface area contributed by atoms with E-state index >= 15 is 0 Å². The molecule has 0 saturated carbocycles. The van der Waals surface area contributed by atoms with Crippen LogP contribution >= 0.6 is 12.0 Å². The van der Waals surface area contributed by atoms with Gasteiger partial charge in [0.15, 0.2) is 12.4 Å². The number of hydrogen-bond acceptors (Lipinski definition) is 8. The molecule has 0 spiro atoms. The Morgan fingerprint density at radius 2 is 1.59 bits per heavy atom. The second kappa shape index (κ2) is 20.9. The molecule has 0 saturated heterocycles. The van der Waals surface area contributed by atoms with Crippen molar-refractivity contribution in [2.24, 2.45) is 15.6 Å². The maximum atomic E-state index is 12.0. The second-order valence-electron chi connectivity index (χ2n) is 9.23. The fourth-order valence-electron chi connectivity index (χ4n) is 3.23. The predicted octanol–water partition coefficient (Wildman–Crippen LogP) is -0.0928. The van der Waals surface area contributed by atoms with E-state index in [0.717, 1.165) is 67.9 Å². The van der Waals surface area contributed by atoms with Crippen molar-refractivity contribution in [2.45, 2.75) is 66.8 Å². The molecule has 0 radical (unpaired) electrons. The molecular weight excluding hydrogens is 523 g/mol. The van der Waals surface area contributed by atoms with Gasteiger partial charge in [0.2, 0.25) is 0 Å². The molecule has 0 aliphatic carbocycles. The summed E-state index contributed by atoms with van der Waals surface area (Å²) in [6, 6.07) is 11.8. The normalized spacial score (nSPS) is 10.8. The number of hydrogen-bond donors (Lipinski definition) is 0. The number of Topliss-reactive ketones (excluding diaryl/α,β-unsaturated/α-hetero) is 1. The maximum Gasteiger partial charge on any atom is 1.00 e. The number of halogens is 1. The number of ketones is 1. The zero-order valence-electron chi connectivity index (χ0n) is 22.0. The van der Waals surface area contributed by atoms with E-state index in [4.69, 9.17) is 0 Å². The topological polar surface area (TPSA) is 90.4 Å². The number of nitrogens with zero attached hydrogens (tertiary/aromatic N) is 4. The van der Waals surface area contributed by atoms with Crippen molar-refractivity contribution < 1.29 is 66.0 Å². The van der Waals surface area contributed by atoms with Gasteiger partial charge >= 0.3 is 29.6 Å². The SMILES string of the molecule is C.CN(CCCSOO[O-])c1ccc(N=Nc2cc[n+](CCCCCC(=O)C(C)(C)C)cc2)cc1.[Cl-].[Na+]. The first-order valence-corrected chi connectivity index (χ1v) is 12.5. The third kappa shape index (κ3) is 15.8. The average Bonchev–Trinajstić information content (AvgIpc) is 2.82. The van der Waals surface area contributed by atoms with Crippen LogP contribution in [0.3, 0.4) is 0 Å². The summed E-state index contributed by atoms with van der Waals surface area (Å²) in [7, 11) is 2.01. The van der Waals surface area contributed by atoms with E-state index < -0.39 is 0 Å². The summed E-state index contributed by atoms with van der Waals surface area (Å²) in [5.41, 5.74) is 2.43. The Morgan fingerprint density at radius 1 is 1.00 bits per heavy atom. The number of aromatic nitrogens is 1. The molecule has 0 N–H and O–H groups in total. The Balaban J connectivity index is 0. The summed E-state index contributed by atoms with van der Waals surface area (Å²) in [6.07, 6.45) is 8.59. The third-order valence-electron chi connectivity index (χ3n) is 5.40. The number of aryl methyl sites for hydroxylation is 1. The number of carbonyl (C=O) groups is 1. The molecular formula is C26H40ClN4NaO4S. The van der Waals surface area contributed by atoms with Gasteiger partial charge in [-0.2, -0.15) is 14.6 Å². The van der Waals surface area contributed by atoms with E-state index in [1.807, 2.05) is 76.6 Å². The monoisotopic (exact) mass is 562 g/mol. The van der Waals surface area contributed by atoms with Crippen LogP contribution in [0.5, 0.6) is 0 Å². The van der Waals surface area contributed by atoms with Crippen LogP contribution in [-0.4, -0.2) is 25.1 Å². The third-order valence-corrected chi connectivity index (χ3v) is 6.01. The zero-order valence-corrected chi connectivity index (χ0v) is 25.6. The predicted molar refractivity (Wildman–Crippen MR) is 139 cm³/mol. The van der Waals surface area contributed by atoms with Gasteiger partial charge < -0.3 is 22.6 Å². The molecule has 0 aliphatic rings. The Hall–Kier alpha value is -1.04. The van der Waals surface area contributed by atoms with Crippen LogP contribution in [0.15, 0.2) is 59.0 Å². The maximum absolute atomic E-state index is 12.0. The number of unbranched alkanes of at least 4 members (excludes halogenated alkanes) is 2. The standard InChI is InChI=1S/C25H36N4O4S.CH4.ClH.Na/c1-25(2,3)24(30)9-6-5-7-17-29-18-14-22(15-19-29)27-26-21-10-12-23(13-11-21)28(4)16-8-20-34-33-32-31;;;/h10-15,18-19H,5-9,16-17,20H2,1-4H3;1H4;1H;/q;;;+1/p-1. The van der Waals surface area contributed by atoms with Crippen molar-refractivity contribution >= 4 is 34.9 Å². The number of carbonyl (C=O) groups excluding carboxylic acids is 1. The molecule has 1 aromatic carbocycles. The van der Waals surface area contributed by atoms with Crippen LogP contribution in [0, 0.1) is 5.41 Å². The number of pyridine rings is 1. The average molecular weight is 563 g/mol. The van der Waals surface area contributed by atoms with Crippen molar-refractivity contribution in [3.8, 4) is 0 Å². The van der Waals surface area contributed by atoms with Gasteiger partial charge in [-0.15, -0.1) is 0 Å². The molecule has 2 rings (SSSR count). The van der Waals surface area contributed by atoms with Crippen LogP contribution in [0.4, 0.5) is 17.1 Å². The summed E-state index contributed by atoms with van der Waals surface area (Å²) >= 11 is 1.00. The minimum Gasteiger partial charge on any atom is -1.00 e. The molecule has 1 heterocycles. The molecule has 2 aromatic rings. The first-order chi connectivity index (χ1) is 16.3. The van der Waals surface area contributed by atoms with Crippen LogP contribution < -0.4 is 56.7 Å². The second-order valence-corrected chi connectivity index (χ2v) is 10.0.